The van der Waals surface area contributed by atoms with Crippen LogP contribution in [-0.4, -0.2) is 19.9 Å². The largest absolute Gasteiger partial charge is 0.245 e. The van der Waals surface area contributed by atoms with E-state index in [9.17, 15) is 0 Å². The van der Waals surface area contributed by atoms with Crippen LogP contribution in [0.5, 0.6) is 0 Å². The molecule has 0 saturated heterocycles. The molecule has 0 aliphatic heterocycles. The standard InChI is InChI=1S/C12H6N4S/c1-2-7-8-4-9-10(5-13-6-15-9)16-12(8)17-11(7)14-3-1/h1-6H. The van der Waals surface area contributed by atoms with Gasteiger partial charge in [-0.25, -0.2) is 19.9 Å². The SMILES string of the molecule is c1cnc2sc3nc4cncnc4cc3c2c1. The Hall–Kier alpha value is -2.14. The van der Waals surface area contributed by atoms with Crippen LogP contribution in [-0.2, 0) is 0 Å². The number of nitrogens with zero attached hydrogens (tertiary/aromatic N) is 4. The second-order valence-corrected chi connectivity index (χ2v) is 4.70. The molecule has 0 saturated carbocycles. The van der Waals surface area contributed by atoms with Crippen LogP contribution in [0.4, 0.5) is 0 Å². The lowest BCUT2D eigenvalue weighted by Gasteiger charge is -1.95. The molecule has 4 aromatic rings. The highest BCUT2D eigenvalue weighted by Gasteiger charge is 2.08. The molecule has 0 bridgehead atoms. The molecule has 4 nitrogen and oxygen atoms in total. The van der Waals surface area contributed by atoms with Crippen LogP contribution in [0.3, 0.4) is 0 Å². The topological polar surface area (TPSA) is 51.6 Å². The molecule has 4 heterocycles. The first-order valence-electron chi connectivity index (χ1n) is 5.16. The van der Waals surface area contributed by atoms with E-state index < -0.39 is 0 Å². The summed E-state index contributed by atoms with van der Waals surface area (Å²) in [7, 11) is 0. The van der Waals surface area contributed by atoms with Crippen molar-refractivity contribution < 1.29 is 0 Å². The van der Waals surface area contributed by atoms with E-state index in [-0.39, 0.29) is 0 Å². The predicted octanol–water partition coefficient (Wildman–Crippen LogP) is 2.79. The van der Waals surface area contributed by atoms with Gasteiger partial charge < -0.3 is 0 Å². The summed E-state index contributed by atoms with van der Waals surface area (Å²) in [6.45, 7) is 0. The monoisotopic (exact) mass is 238 g/mol. The van der Waals surface area contributed by atoms with Gasteiger partial charge >= 0.3 is 0 Å². The molecule has 0 atom stereocenters. The Labute approximate surface area is 100.0 Å². The van der Waals surface area contributed by atoms with E-state index in [0.29, 0.717) is 0 Å². The number of pyridine rings is 2. The third kappa shape index (κ3) is 1.23. The fourth-order valence-electron chi connectivity index (χ4n) is 1.94. The van der Waals surface area contributed by atoms with E-state index >= 15 is 0 Å². The minimum absolute atomic E-state index is 0.826. The average Bonchev–Trinajstić information content (AvgIpc) is 2.73. The number of thiophene rings is 1. The zero-order valence-electron chi connectivity index (χ0n) is 8.66. The highest BCUT2D eigenvalue weighted by atomic mass is 32.1. The molecule has 0 fully saturated rings. The lowest BCUT2D eigenvalue weighted by Crippen LogP contribution is -1.83. The molecule has 4 rings (SSSR count). The molecule has 0 aromatic carbocycles. The smallest absolute Gasteiger partial charge is 0.126 e. The summed E-state index contributed by atoms with van der Waals surface area (Å²) >= 11 is 1.60. The summed E-state index contributed by atoms with van der Waals surface area (Å²) in [6, 6.07) is 6.06. The zero-order valence-corrected chi connectivity index (χ0v) is 9.48. The van der Waals surface area contributed by atoms with E-state index in [4.69, 9.17) is 0 Å². The van der Waals surface area contributed by atoms with Gasteiger partial charge in [-0.05, 0) is 18.2 Å². The van der Waals surface area contributed by atoms with Gasteiger partial charge in [0.15, 0.2) is 0 Å². The van der Waals surface area contributed by atoms with E-state index in [1.807, 2.05) is 6.07 Å². The van der Waals surface area contributed by atoms with Crippen LogP contribution in [0, 0.1) is 0 Å². The number of hydrogen-bond donors (Lipinski definition) is 0. The molecule has 4 aromatic heterocycles. The quantitative estimate of drug-likeness (QED) is 0.472. The van der Waals surface area contributed by atoms with Crippen LogP contribution < -0.4 is 0 Å². The Kier molecular flexibility index (Phi) is 1.67. The van der Waals surface area contributed by atoms with Crippen molar-refractivity contribution in [2.45, 2.75) is 0 Å². The Morgan fingerprint density at radius 3 is 3.00 bits per heavy atom. The third-order valence-corrected chi connectivity index (χ3v) is 3.73. The maximum atomic E-state index is 4.57. The number of rotatable bonds is 0. The van der Waals surface area contributed by atoms with Crippen LogP contribution in [0.25, 0.3) is 31.5 Å². The predicted molar refractivity (Wildman–Crippen MR) is 68.0 cm³/mol. The van der Waals surface area contributed by atoms with Crippen molar-refractivity contribution in [2.24, 2.45) is 0 Å². The van der Waals surface area contributed by atoms with Gasteiger partial charge in [0, 0.05) is 17.0 Å². The molecule has 0 aliphatic rings. The molecule has 0 radical (unpaired) electrons. The molecular formula is C12H6N4S. The molecular weight excluding hydrogens is 232 g/mol. The number of hydrogen-bond acceptors (Lipinski definition) is 5. The average molecular weight is 238 g/mol. The van der Waals surface area contributed by atoms with Crippen molar-refractivity contribution in [2.75, 3.05) is 0 Å². The second kappa shape index (κ2) is 3.18. The summed E-state index contributed by atoms with van der Waals surface area (Å²) in [5, 5.41) is 2.25. The van der Waals surface area contributed by atoms with Gasteiger partial charge in [-0.15, -0.1) is 0 Å². The van der Waals surface area contributed by atoms with Gasteiger partial charge in [-0.2, -0.15) is 0 Å². The summed E-state index contributed by atoms with van der Waals surface area (Å²) in [5.74, 6) is 0. The lowest BCUT2D eigenvalue weighted by molar-refractivity contribution is 1.21. The van der Waals surface area contributed by atoms with Gasteiger partial charge in [0.25, 0.3) is 0 Å². The number of aromatic nitrogens is 4. The summed E-state index contributed by atoms with van der Waals surface area (Å²) in [6.07, 6.45) is 5.08. The summed E-state index contributed by atoms with van der Waals surface area (Å²) < 4.78 is 0. The Morgan fingerprint density at radius 1 is 1.00 bits per heavy atom. The van der Waals surface area contributed by atoms with Gasteiger partial charge in [0.05, 0.1) is 11.7 Å². The third-order valence-electron chi connectivity index (χ3n) is 2.71. The normalized spacial score (nSPS) is 11.5. The lowest BCUT2D eigenvalue weighted by atomic mass is 10.2. The van der Waals surface area contributed by atoms with Crippen molar-refractivity contribution >= 4 is 42.8 Å². The molecule has 0 spiro atoms. The number of fused-ring (bicyclic) bond motifs is 4. The van der Waals surface area contributed by atoms with Crippen molar-refractivity contribution in [3.63, 3.8) is 0 Å². The van der Waals surface area contributed by atoms with E-state index in [2.05, 4.69) is 32.1 Å². The minimum atomic E-state index is 0.826. The van der Waals surface area contributed by atoms with E-state index in [0.717, 1.165) is 31.5 Å². The van der Waals surface area contributed by atoms with Gasteiger partial charge in [-0.1, -0.05) is 11.3 Å². The Balaban J connectivity index is 2.28. The van der Waals surface area contributed by atoms with Gasteiger partial charge in [0.1, 0.15) is 21.5 Å². The van der Waals surface area contributed by atoms with Crippen LogP contribution in [0.15, 0.2) is 36.9 Å². The molecule has 0 unspecified atom stereocenters. The summed E-state index contributed by atoms with van der Waals surface area (Å²) in [5.41, 5.74) is 1.70. The maximum absolute atomic E-state index is 4.57. The Morgan fingerprint density at radius 2 is 2.00 bits per heavy atom. The summed E-state index contributed by atoms with van der Waals surface area (Å²) in [4.78, 5) is 19.1. The van der Waals surface area contributed by atoms with E-state index in [1.54, 1.807) is 30.1 Å². The van der Waals surface area contributed by atoms with Gasteiger partial charge in [-0.3, -0.25) is 0 Å². The highest BCUT2D eigenvalue weighted by Crippen LogP contribution is 2.32. The molecule has 0 aliphatic carbocycles. The molecule has 5 heteroatoms. The first-order valence-corrected chi connectivity index (χ1v) is 5.97. The second-order valence-electron chi connectivity index (χ2n) is 3.73. The molecule has 0 N–H and O–H groups in total. The maximum Gasteiger partial charge on any atom is 0.126 e. The fourth-order valence-corrected chi connectivity index (χ4v) is 2.94. The van der Waals surface area contributed by atoms with Crippen molar-refractivity contribution in [3.8, 4) is 0 Å². The van der Waals surface area contributed by atoms with Crippen LogP contribution in [0.1, 0.15) is 0 Å². The fraction of sp³-hybridized carbons (Fsp3) is 0. The van der Waals surface area contributed by atoms with Crippen molar-refractivity contribution in [3.05, 3.63) is 36.9 Å². The highest BCUT2D eigenvalue weighted by molar-refractivity contribution is 7.25. The van der Waals surface area contributed by atoms with Gasteiger partial charge in [0.2, 0.25) is 0 Å². The first-order chi connectivity index (χ1) is 8.42. The van der Waals surface area contributed by atoms with Crippen LogP contribution >= 0.6 is 11.3 Å². The van der Waals surface area contributed by atoms with Crippen molar-refractivity contribution in [1.29, 1.82) is 0 Å². The molecule has 80 valence electrons. The first kappa shape index (κ1) is 8.95. The minimum Gasteiger partial charge on any atom is -0.245 e. The zero-order chi connectivity index (χ0) is 11.2. The molecule has 0 amide bonds. The Bertz CT molecular complexity index is 847. The van der Waals surface area contributed by atoms with E-state index in [1.165, 1.54) is 0 Å². The van der Waals surface area contributed by atoms with Crippen molar-refractivity contribution in [1.82, 2.24) is 19.9 Å². The van der Waals surface area contributed by atoms with Crippen LogP contribution in [0.2, 0.25) is 0 Å². The molecule has 17 heavy (non-hydrogen) atoms.